The third-order valence-electron chi connectivity index (χ3n) is 1.83. The van der Waals surface area contributed by atoms with Gasteiger partial charge in [0.2, 0.25) is 5.79 Å². The molecule has 0 unspecified atom stereocenters. The van der Waals surface area contributed by atoms with E-state index in [9.17, 15) is 9.59 Å². The number of esters is 1. The van der Waals surface area contributed by atoms with Crippen LogP contribution in [-0.4, -0.2) is 28.9 Å². The topological polar surface area (TPSA) is 72.8 Å². The second kappa shape index (κ2) is 2.99. The van der Waals surface area contributed by atoms with Crippen LogP contribution in [0.15, 0.2) is 0 Å². The number of ether oxygens (including phenoxy) is 2. The average molecular weight is 188 g/mol. The second-order valence-electron chi connectivity index (χ2n) is 3.49. The van der Waals surface area contributed by atoms with Gasteiger partial charge in [-0.3, -0.25) is 4.79 Å². The molecule has 0 bridgehead atoms. The van der Waals surface area contributed by atoms with Crippen LogP contribution in [0.3, 0.4) is 0 Å². The average Bonchev–Trinajstić information content (AvgIpc) is 2.22. The van der Waals surface area contributed by atoms with E-state index in [1.54, 1.807) is 13.8 Å². The van der Waals surface area contributed by atoms with Gasteiger partial charge in [0.15, 0.2) is 6.10 Å². The van der Waals surface area contributed by atoms with Gasteiger partial charge in [-0.15, -0.1) is 0 Å². The van der Waals surface area contributed by atoms with Crippen molar-refractivity contribution in [2.45, 2.75) is 32.7 Å². The van der Waals surface area contributed by atoms with Gasteiger partial charge >= 0.3 is 11.9 Å². The van der Waals surface area contributed by atoms with Crippen molar-refractivity contribution in [3.63, 3.8) is 0 Å². The van der Waals surface area contributed by atoms with E-state index in [2.05, 4.69) is 0 Å². The molecule has 0 saturated carbocycles. The van der Waals surface area contributed by atoms with Gasteiger partial charge in [-0.1, -0.05) is 0 Å². The van der Waals surface area contributed by atoms with E-state index in [0.29, 0.717) is 0 Å². The van der Waals surface area contributed by atoms with E-state index < -0.39 is 29.7 Å². The molecule has 0 radical (unpaired) electrons. The molecule has 2 atom stereocenters. The van der Waals surface area contributed by atoms with Crippen LogP contribution in [0.1, 0.15) is 20.8 Å². The Balaban J connectivity index is 2.73. The first-order valence-electron chi connectivity index (χ1n) is 3.97. The first-order valence-corrected chi connectivity index (χ1v) is 3.97. The molecule has 0 aromatic rings. The third-order valence-corrected chi connectivity index (χ3v) is 1.83. The van der Waals surface area contributed by atoms with E-state index in [1.165, 1.54) is 6.92 Å². The number of carbonyl (C=O) groups excluding carboxylic acids is 1. The molecule has 1 aliphatic rings. The smallest absolute Gasteiger partial charge is 0.338 e. The Hall–Kier alpha value is -1.10. The quantitative estimate of drug-likeness (QED) is 0.634. The van der Waals surface area contributed by atoms with Crippen LogP contribution in [0.2, 0.25) is 0 Å². The Morgan fingerprint density at radius 1 is 1.62 bits per heavy atom. The number of aliphatic carboxylic acids is 1. The molecule has 1 saturated heterocycles. The minimum atomic E-state index is -1.07. The van der Waals surface area contributed by atoms with Crippen LogP contribution in [-0.2, 0) is 19.1 Å². The highest BCUT2D eigenvalue weighted by atomic mass is 16.8. The zero-order valence-corrected chi connectivity index (χ0v) is 7.73. The van der Waals surface area contributed by atoms with Gasteiger partial charge in [0.1, 0.15) is 0 Å². The van der Waals surface area contributed by atoms with Gasteiger partial charge in [-0.2, -0.15) is 0 Å². The first-order chi connectivity index (χ1) is 5.83. The fourth-order valence-corrected chi connectivity index (χ4v) is 1.11. The van der Waals surface area contributed by atoms with Crippen LogP contribution in [0.5, 0.6) is 0 Å². The first kappa shape index (κ1) is 9.98. The number of rotatable bonds is 2. The van der Waals surface area contributed by atoms with E-state index in [4.69, 9.17) is 14.6 Å². The van der Waals surface area contributed by atoms with Crippen molar-refractivity contribution in [3.05, 3.63) is 0 Å². The van der Waals surface area contributed by atoms with Crippen molar-refractivity contribution >= 4 is 11.9 Å². The zero-order chi connectivity index (χ0) is 10.2. The molecule has 5 heteroatoms. The summed E-state index contributed by atoms with van der Waals surface area (Å²) in [5.41, 5.74) is 0. The lowest BCUT2D eigenvalue weighted by Crippen LogP contribution is -2.31. The Morgan fingerprint density at radius 2 is 2.15 bits per heavy atom. The molecule has 0 spiro atoms. The maximum atomic E-state index is 11.1. The molecule has 0 aromatic heterocycles. The zero-order valence-electron chi connectivity index (χ0n) is 7.73. The molecule has 5 nitrogen and oxygen atoms in total. The summed E-state index contributed by atoms with van der Waals surface area (Å²) < 4.78 is 9.94. The third kappa shape index (κ3) is 1.98. The molecule has 0 amide bonds. The summed E-state index contributed by atoms with van der Waals surface area (Å²) in [6.45, 7) is 4.55. The Morgan fingerprint density at radius 3 is 2.46 bits per heavy atom. The van der Waals surface area contributed by atoms with Crippen LogP contribution in [0, 0.1) is 5.92 Å². The van der Waals surface area contributed by atoms with Crippen molar-refractivity contribution in [2.75, 3.05) is 0 Å². The molecule has 74 valence electrons. The maximum Gasteiger partial charge on any atom is 0.338 e. The lowest BCUT2D eigenvalue weighted by molar-refractivity contribution is -0.163. The molecule has 1 heterocycles. The molecule has 1 fully saturated rings. The van der Waals surface area contributed by atoms with Gasteiger partial charge in [0, 0.05) is 13.8 Å². The van der Waals surface area contributed by atoms with Crippen LogP contribution < -0.4 is 0 Å². The molecule has 1 rings (SSSR count). The highest BCUT2D eigenvalue weighted by molar-refractivity contribution is 5.83. The van der Waals surface area contributed by atoms with Crippen molar-refractivity contribution in [3.8, 4) is 0 Å². The van der Waals surface area contributed by atoms with Crippen LogP contribution in [0.25, 0.3) is 0 Å². The van der Waals surface area contributed by atoms with Crippen LogP contribution >= 0.6 is 0 Å². The van der Waals surface area contributed by atoms with Crippen molar-refractivity contribution in [1.82, 2.24) is 0 Å². The lowest BCUT2D eigenvalue weighted by Gasteiger charge is -2.16. The predicted molar refractivity (Wildman–Crippen MR) is 41.8 cm³/mol. The van der Waals surface area contributed by atoms with E-state index in [-0.39, 0.29) is 0 Å². The SMILES string of the molecule is C[C@H](C(=O)O)[C@@H]1OC(C)(C)OC1=O. The van der Waals surface area contributed by atoms with E-state index in [1.807, 2.05) is 0 Å². The largest absolute Gasteiger partial charge is 0.481 e. The summed E-state index contributed by atoms with van der Waals surface area (Å²) in [6, 6.07) is 0. The van der Waals surface area contributed by atoms with Crippen LogP contribution in [0.4, 0.5) is 0 Å². The minimum Gasteiger partial charge on any atom is -0.481 e. The summed E-state index contributed by atoms with van der Waals surface area (Å²) in [4.78, 5) is 21.7. The Kier molecular flexibility index (Phi) is 2.30. The Labute approximate surface area is 75.6 Å². The van der Waals surface area contributed by atoms with Crippen molar-refractivity contribution in [2.24, 2.45) is 5.92 Å². The van der Waals surface area contributed by atoms with E-state index >= 15 is 0 Å². The molecule has 0 aromatic carbocycles. The number of carboxylic acids is 1. The van der Waals surface area contributed by atoms with Gasteiger partial charge in [0.05, 0.1) is 5.92 Å². The molecule has 13 heavy (non-hydrogen) atoms. The highest BCUT2D eigenvalue weighted by Gasteiger charge is 2.45. The fraction of sp³-hybridized carbons (Fsp3) is 0.750. The highest BCUT2D eigenvalue weighted by Crippen LogP contribution is 2.27. The van der Waals surface area contributed by atoms with Gasteiger partial charge in [-0.25, -0.2) is 4.79 Å². The molecule has 1 aliphatic heterocycles. The summed E-state index contributed by atoms with van der Waals surface area (Å²) in [5.74, 6) is -3.57. The number of cyclic esters (lactones) is 1. The number of carboxylic acid groups (broad SMARTS) is 1. The summed E-state index contributed by atoms with van der Waals surface area (Å²) in [7, 11) is 0. The predicted octanol–water partition coefficient (Wildman–Crippen LogP) is 0.385. The summed E-state index contributed by atoms with van der Waals surface area (Å²) in [6.07, 6.45) is -0.993. The number of carbonyl (C=O) groups is 2. The molecular formula is C8H12O5. The molecular weight excluding hydrogens is 176 g/mol. The standard InChI is InChI=1S/C8H12O5/c1-4(6(9)10)5-7(11)13-8(2,3)12-5/h4-5H,1-3H3,(H,9,10)/t4-,5-/m0/s1. The van der Waals surface area contributed by atoms with Crippen molar-refractivity contribution in [1.29, 1.82) is 0 Å². The van der Waals surface area contributed by atoms with Gasteiger partial charge < -0.3 is 14.6 Å². The summed E-state index contributed by atoms with van der Waals surface area (Å²) >= 11 is 0. The maximum absolute atomic E-state index is 11.1. The molecule has 1 N–H and O–H groups in total. The normalized spacial score (nSPS) is 28.2. The number of hydrogen-bond acceptors (Lipinski definition) is 4. The Bertz CT molecular complexity index is 245. The fourth-order valence-electron chi connectivity index (χ4n) is 1.11. The minimum absolute atomic E-state index is 0.611. The summed E-state index contributed by atoms with van der Waals surface area (Å²) in [5, 5.41) is 8.64. The molecule has 0 aliphatic carbocycles. The van der Waals surface area contributed by atoms with E-state index in [0.717, 1.165) is 0 Å². The lowest BCUT2D eigenvalue weighted by atomic mass is 10.1. The van der Waals surface area contributed by atoms with Gasteiger partial charge in [0.25, 0.3) is 0 Å². The van der Waals surface area contributed by atoms with Crippen molar-refractivity contribution < 1.29 is 24.2 Å². The monoisotopic (exact) mass is 188 g/mol. The second-order valence-corrected chi connectivity index (χ2v) is 3.49. The van der Waals surface area contributed by atoms with Gasteiger partial charge in [-0.05, 0) is 6.92 Å². The number of hydrogen-bond donors (Lipinski definition) is 1.